The Hall–Kier alpha value is -2.79. The van der Waals surface area contributed by atoms with Gasteiger partial charge in [-0.05, 0) is 90.6 Å². The first-order valence-corrected chi connectivity index (χ1v) is 12.1. The largest absolute Gasteiger partial charge is 0.508 e. The van der Waals surface area contributed by atoms with Gasteiger partial charge in [0.15, 0.2) is 0 Å². The summed E-state index contributed by atoms with van der Waals surface area (Å²) in [4.78, 5) is 1.36. The van der Waals surface area contributed by atoms with E-state index in [4.69, 9.17) is 4.74 Å². The van der Waals surface area contributed by atoms with Gasteiger partial charge in [-0.2, -0.15) is 0 Å². The average molecular weight is 469 g/mol. The number of allylic oxidation sites excluding steroid dienone is 5. The van der Waals surface area contributed by atoms with Crippen LogP contribution in [0.4, 0.5) is 0 Å². The van der Waals surface area contributed by atoms with Gasteiger partial charge in [0, 0.05) is 12.1 Å². The first kappa shape index (κ1) is 26.5. The fraction of sp³-hybridized carbons (Fsp3) is 0.357. The molecular weight excluding hydrogens is 432 g/mol. The van der Waals surface area contributed by atoms with E-state index < -0.39 is 0 Å². The molecule has 0 unspecified atom stereocenters. The van der Waals surface area contributed by atoms with Crippen LogP contribution in [-0.2, 0) is 0 Å². The second-order valence-corrected chi connectivity index (χ2v) is 9.70. The molecule has 0 bridgehead atoms. The summed E-state index contributed by atoms with van der Waals surface area (Å²) in [5, 5.41) is 29.4. The zero-order valence-electron chi connectivity index (χ0n) is 20.3. The Labute approximate surface area is 202 Å². The summed E-state index contributed by atoms with van der Waals surface area (Å²) in [5.41, 5.74) is 5.55. The summed E-state index contributed by atoms with van der Waals surface area (Å²) >= 11 is 1.31. The Bertz CT molecular complexity index is 1030. The van der Waals surface area contributed by atoms with E-state index in [1.165, 1.54) is 46.2 Å². The quantitative estimate of drug-likeness (QED) is 0.290. The maximum absolute atomic E-state index is 10.1. The lowest BCUT2D eigenvalue weighted by Crippen LogP contribution is -1.96. The van der Waals surface area contributed by atoms with E-state index in [1.807, 2.05) is 0 Å². The minimum absolute atomic E-state index is 0.00537. The lowest BCUT2D eigenvalue weighted by molar-refractivity contribution is 0.349. The number of aromatic hydroxyl groups is 3. The molecule has 0 aliphatic heterocycles. The van der Waals surface area contributed by atoms with E-state index >= 15 is 0 Å². The summed E-state index contributed by atoms with van der Waals surface area (Å²) in [7, 11) is 0. The van der Waals surface area contributed by atoms with Crippen LogP contribution < -0.4 is 4.74 Å². The standard InChI is InChI=1S/C28H36O4S/c1-19(2)22(5)8-6-7-20(3)9-10-21(4)15-16-32-26-18-24(30)12-14-28(26)33-27-13-11-23(29)17-25(27)31/h7,11-15,17-18,29-31H,6,8-10,16H2,1-5H3/b20-7+,21-15+. The van der Waals surface area contributed by atoms with Gasteiger partial charge in [0.2, 0.25) is 0 Å². The summed E-state index contributed by atoms with van der Waals surface area (Å²) in [6.07, 6.45) is 8.63. The molecular formula is C28H36O4S. The molecule has 0 radical (unpaired) electrons. The fourth-order valence-corrected chi connectivity index (χ4v) is 3.95. The molecule has 0 amide bonds. The number of rotatable bonds is 11. The zero-order valence-corrected chi connectivity index (χ0v) is 21.1. The van der Waals surface area contributed by atoms with Crippen molar-refractivity contribution < 1.29 is 20.1 Å². The molecule has 2 rings (SSSR count). The molecule has 0 saturated carbocycles. The van der Waals surface area contributed by atoms with Gasteiger partial charge in [0.25, 0.3) is 0 Å². The van der Waals surface area contributed by atoms with Gasteiger partial charge in [-0.3, -0.25) is 0 Å². The summed E-state index contributed by atoms with van der Waals surface area (Å²) in [5.74, 6) is 0.665. The molecule has 33 heavy (non-hydrogen) atoms. The molecule has 0 spiro atoms. The Morgan fingerprint density at radius 2 is 1.39 bits per heavy atom. The highest BCUT2D eigenvalue weighted by atomic mass is 32.2. The van der Waals surface area contributed by atoms with Crippen LogP contribution in [0.15, 0.2) is 80.6 Å². The van der Waals surface area contributed by atoms with Gasteiger partial charge in [-0.25, -0.2) is 0 Å². The first-order chi connectivity index (χ1) is 15.7. The third-order valence-electron chi connectivity index (χ3n) is 5.54. The third kappa shape index (κ3) is 9.30. The van der Waals surface area contributed by atoms with Gasteiger partial charge in [0.05, 0.1) is 9.79 Å². The molecule has 0 fully saturated rings. The van der Waals surface area contributed by atoms with Crippen LogP contribution in [0.25, 0.3) is 0 Å². The van der Waals surface area contributed by atoms with E-state index in [0.717, 1.165) is 30.6 Å². The van der Waals surface area contributed by atoms with Crippen molar-refractivity contribution in [2.45, 2.75) is 70.1 Å². The average Bonchev–Trinajstić information content (AvgIpc) is 2.75. The first-order valence-electron chi connectivity index (χ1n) is 11.3. The van der Waals surface area contributed by atoms with Crippen molar-refractivity contribution in [2.75, 3.05) is 6.61 Å². The van der Waals surface area contributed by atoms with Crippen molar-refractivity contribution in [3.05, 3.63) is 70.8 Å². The van der Waals surface area contributed by atoms with Crippen LogP contribution in [0.5, 0.6) is 23.0 Å². The highest BCUT2D eigenvalue weighted by Crippen LogP contribution is 2.41. The molecule has 0 heterocycles. The Kier molecular flexibility index (Phi) is 10.5. The van der Waals surface area contributed by atoms with Crippen molar-refractivity contribution in [1.29, 1.82) is 0 Å². The van der Waals surface area contributed by atoms with E-state index in [2.05, 4.69) is 46.8 Å². The van der Waals surface area contributed by atoms with Gasteiger partial charge in [-0.1, -0.05) is 40.1 Å². The van der Waals surface area contributed by atoms with Crippen LogP contribution in [0.2, 0.25) is 0 Å². The van der Waals surface area contributed by atoms with E-state index in [1.54, 1.807) is 24.3 Å². The second-order valence-electron chi connectivity index (χ2n) is 8.62. The minimum Gasteiger partial charge on any atom is -0.508 e. The molecule has 0 aliphatic carbocycles. The van der Waals surface area contributed by atoms with Crippen LogP contribution in [0.1, 0.15) is 60.3 Å². The lowest BCUT2D eigenvalue weighted by atomic mass is 10.0. The number of hydrogen-bond donors (Lipinski definition) is 3. The van der Waals surface area contributed by atoms with Gasteiger partial charge in [-0.15, -0.1) is 0 Å². The molecule has 2 aromatic rings. The second kappa shape index (κ2) is 13.0. The summed E-state index contributed by atoms with van der Waals surface area (Å²) in [6.45, 7) is 11.2. The van der Waals surface area contributed by atoms with E-state index in [-0.39, 0.29) is 17.2 Å². The minimum atomic E-state index is -0.00537. The smallest absolute Gasteiger partial charge is 0.137 e. The molecule has 5 heteroatoms. The van der Waals surface area contributed by atoms with Crippen LogP contribution in [0.3, 0.4) is 0 Å². The topological polar surface area (TPSA) is 69.9 Å². The molecule has 0 aliphatic rings. The van der Waals surface area contributed by atoms with Gasteiger partial charge < -0.3 is 20.1 Å². The molecule has 2 aromatic carbocycles. The van der Waals surface area contributed by atoms with Crippen LogP contribution in [-0.4, -0.2) is 21.9 Å². The predicted octanol–water partition coefficient (Wildman–Crippen LogP) is 8.14. The third-order valence-corrected chi connectivity index (χ3v) is 6.66. The number of benzene rings is 2. The van der Waals surface area contributed by atoms with Crippen molar-refractivity contribution in [1.82, 2.24) is 0 Å². The highest BCUT2D eigenvalue weighted by Gasteiger charge is 2.10. The normalized spacial score (nSPS) is 12.0. The number of ether oxygens (including phenoxy) is 1. The number of phenolic OH excluding ortho intramolecular Hbond substituents is 3. The van der Waals surface area contributed by atoms with Crippen molar-refractivity contribution in [2.24, 2.45) is 0 Å². The Morgan fingerprint density at radius 1 is 0.788 bits per heavy atom. The van der Waals surface area contributed by atoms with E-state index in [0.29, 0.717) is 17.3 Å². The molecule has 4 nitrogen and oxygen atoms in total. The lowest BCUT2D eigenvalue weighted by Gasteiger charge is -2.12. The maximum Gasteiger partial charge on any atom is 0.137 e. The van der Waals surface area contributed by atoms with Crippen LogP contribution in [0, 0.1) is 0 Å². The Morgan fingerprint density at radius 3 is 2.03 bits per heavy atom. The van der Waals surface area contributed by atoms with Gasteiger partial charge in [0.1, 0.15) is 29.6 Å². The van der Waals surface area contributed by atoms with Gasteiger partial charge >= 0.3 is 0 Å². The molecule has 0 aromatic heterocycles. The SMILES string of the molecule is CC(C)=C(C)CC/C=C(\C)CC/C(C)=C/COc1cc(O)ccc1Sc1ccc(O)cc1O. The molecule has 0 atom stereocenters. The van der Waals surface area contributed by atoms with Crippen molar-refractivity contribution in [3.8, 4) is 23.0 Å². The molecule has 0 saturated heterocycles. The summed E-state index contributed by atoms with van der Waals surface area (Å²) in [6, 6.07) is 9.38. The monoisotopic (exact) mass is 468 g/mol. The summed E-state index contributed by atoms with van der Waals surface area (Å²) < 4.78 is 5.94. The number of hydrogen-bond acceptors (Lipinski definition) is 5. The van der Waals surface area contributed by atoms with Crippen molar-refractivity contribution >= 4 is 11.8 Å². The highest BCUT2D eigenvalue weighted by molar-refractivity contribution is 7.99. The number of phenols is 3. The maximum atomic E-state index is 10.1. The predicted molar refractivity (Wildman–Crippen MR) is 138 cm³/mol. The van der Waals surface area contributed by atoms with Crippen LogP contribution >= 0.6 is 11.8 Å². The fourth-order valence-electron chi connectivity index (χ4n) is 3.06. The zero-order chi connectivity index (χ0) is 24.4. The molecule has 3 N–H and O–H groups in total. The van der Waals surface area contributed by atoms with Crippen molar-refractivity contribution in [3.63, 3.8) is 0 Å². The van der Waals surface area contributed by atoms with E-state index in [9.17, 15) is 15.3 Å². The molecule has 178 valence electrons. The Balaban J connectivity index is 1.92.